The molecule has 0 radical (unpaired) electrons. The molecule has 0 unspecified atom stereocenters. The smallest absolute Gasteiger partial charge is 0.323 e. The van der Waals surface area contributed by atoms with E-state index in [-0.39, 0.29) is 6.54 Å². The Hall–Kier alpha value is -1.88. The Morgan fingerprint density at radius 3 is 2.75 bits per heavy atom. The van der Waals surface area contributed by atoms with E-state index in [1.807, 2.05) is 28.8 Å². The molecule has 2 aromatic rings. The standard InChI is InChI=1S/C15H19N3O2/c19-15(20)11-18-13-6-2-1-5-12(13)16-14(18)7-10-17-8-3-4-9-17/h1-2,5-6H,3-4,7-11H2,(H,19,20). The average Bonchev–Trinajstić information content (AvgIpc) is 3.04. The highest BCUT2D eigenvalue weighted by atomic mass is 16.4. The number of carboxylic acid groups (broad SMARTS) is 1. The van der Waals surface area contributed by atoms with Gasteiger partial charge in [-0.25, -0.2) is 4.98 Å². The number of benzene rings is 1. The summed E-state index contributed by atoms with van der Waals surface area (Å²) in [6.07, 6.45) is 3.35. The molecule has 1 fully saturated rings. The molecule has 1 aliphatic heterocycles. The molecule has 0 bridgehead atoms. The van der Waals surface area contributed by atoms with Crippen LogP contribution in [0.4, 0.5) is 0 Å². The largest absolute Gasteiger partial charge is 0.480 e. The number of aromatic nitrogens is 2. The molecule has 0 atom stereocenters. The van der Waals surface area contributed by atoms with E-state index in [2.05, 4.69) is 9.88 Å². The molecule has 5 nitrogen and oxygen atoms in total. The van der Waals surface area contributed by atoms with Crippen LogP contribution in [0.2, 0.25) is 0 Å². The van der Waals surface area contributed by atoms with Crippen molar-refractivity contribution in [3.63, 3.8) is 0 Å². The van der Waals surface area contributed by atoms with Gasteiger partial charge in [-0.1, -0.05) is 12.1 Å². The third-order valence-corrected chi connectivity index (χ3v) is 3.88. The van der Waals surface area contributed by atoms with Crippen LogP contribution in [0.1, 0.15) is 18.7 Å². The van der Waals surface area contributed by atoms with E-state index in [1.165, 1.54) is 12.8 Å². The molecule has 2 heterocycles. The van der Waals surface area contributed by atoms with Crippen LogP contribution >= 0.6 is 0 Å². The first-order valence-corrected chi connectivity index (χ1v) is 7.12. The fraction of sp³-hybridized carbons (Fsp3) is 0.467. The van der Waals surface area contributed by atoms with Crippen LogP contribution in [0.3, 0.4) is 0 Å². The van der Waals surface area contributed by atoms with Gasteiger partial charge in [0.15, 0.2) is 0 Å². The van der Waals surface area contributed by atoms with E-state index in [9.17, 15) is 4.79 Å². The summed E-state index contributed by atoms with van der Waals surface area (Å²) in [6, 6.07) is 7.73. The maximum Gasteiger partial charge on any atom is 0.323 e. The maximum absolute atomic E-state index is 11.1. The summed E-state index contributed by atoms with van der Waals surface area (Å²) in [6.45, 7) is 3.25. The molecule has 1 saturated heterocycles. The first-order chi connectivity index (χ1) is 9.74. The predicted octanol–water partition coefficient (Wildman–Crippen LogP) is 1.76. The number of nitrogens with zero attached hydrogens (tertiary/aromatic N) is 3. The van der Waals surface area contributed by atoms with Gasteiger partial charge in [0.25, 0.3) is 0 Å². The van der Waals surface area contributed by atoms with Crippen LogP contribution in [-0.4, -0.2) is 45.2 Å². The van der Waals surface area contributed by atoms with Crippen molar-refractivity contribution in [3.8, 4) is 0 Å². The lowest BCUT2D eigenvalue weighted by molar-refractivity contribution is -0.137. The van der Waals surface area contributed by atoms with Crippen molar-refractivity contribution in [2.75, 3.05) is 19.6 Å². The maximum atomic E-state index is 11.1. The van der Waals surface area contributed by atoms with Gasteiger partial charge in [-0.3, -0.25) is 4.79 Å². The normalized spacial score (nSPS) is 16.0. The highest BCUT2D eigenvalue weighted by Crippen LogP contribution is 2.17. The Morgan fingerprint density at radius 2 is 2.00 bits per heavy atom. The molecule has 0 aliphatic carbocycles. The minimum absolute atomic E-state index is 0.0180. The number of para-hydroxylation sites is 2. The third-order valence-electron chi connectivity index (χ3n) is 3.88. The first kappa shape index (κ1) is 13.1. The van der Waals surface area contributed by atoms with Gasteiger partial charge < -0.3 is 14.6 Å². The van der Waals surface area contributed by atoms with Crippen molar-refractivity contribution in [2.24, 2.45) is 0 Å². The quantitative estimate of drug-likeness (QED) is 0.902. The molecular formula is C15H19N3O2. The van der Waals surface area contributed by atoms with Gasteiger partial charge in [-0.15, -0.1) is 0 Å². The molecule has 3 rings (SSSR count). The van der Waals surface area contributed by atoms with Gasteiger partial charge in [0.2, 0.25) is 0 Å². The van der Waals surface area contributed by atoms with Gasteiger partial charge in [-0.05, 0) is 38.1 Å². The molecule has 20 heavy (non-hydrogen) atoms. The number of carbonyl (C=O) groups is 1. The van der Waals surface area contributed by atoms with E-state index < -0.39 is 5.97 Å². The lowest BCUT2D eigenvalue weighted by Crippen LogP contribution is -2.23. The predicted molar refractivity (Wildman–Crippen MR) is 76.7 cm³/mol. The molecular weight excluding hydrogens is 254 g/mol. The molecule has 1 N–H and O–H groups in total. The molecule has 1 aliphatic rings. The van der Waals surface area contributed by atoms with Crippen LogP contribution < -0.4 is 0 Å². The van der Waals surface area contributed by atoms with Gasteiger partial charge in [0.05, 0.1) is 11.0 Å². The fourth-order valence-electron chi connectivity index (χ4n) is 2.89. The SMILES string of the molecule is O=C(O)Cn1c(CCN2CCCC2)nc2ccccc21. The first-order valence-electron chi connectivity index (χ1n) is 7.12. The summed E-state index contributed by atoms with van der Waals surface area (Å²) in [7, 11) is 0. The van der Waals surface area contributed by atoms with E-state index >= 15 is 0 Å². The lowest BCUT2D eigenvalue weighted by atomic mass is 10.3. The molecule has 0 saturated carbocycles. The van der Waals surface area contributed by atoms with Gasteiger partial charge in [-0.2, -0.15) is 0 Å². The monoisotopic (exact) mass is 273 g/mol. The topological polar surface area (TPSA) is 58.4 Å². The van der Waals surface area contributed by atoms with Gasteiger partial charge in [0.1, 0.15) is 12.4 Å². The summed E-state index contributed by atoms with van der Waals surface area (Å²) < 4.78 is 1.83. The second-order valence-electron chi connectivity index (χ2n) is 5.30. The molecule has 0 amide bonds. The summed E-state index contributed by atoms with van der Waals surface area (Å²) in [5.74, 6) is 0.0519. The minimum atomic E-state index is -0.824. The third kappa shape index (κ3) is 2.67. The number of hydrogen-bond acceptors (Lipinski definition) is 3. The number of aliphatic carboxylic acids is 1. The molecule has 0 spiro atoms. The van der Waals surface area contributed by atoms with Crippen LogP contribution in [0.25, 0.3) is 11.0 Å². The average molecular weight is 273 g/mol. The second kappa shape index (κ2) is 5.63. The van der Waals surface area contributed by atoms with Crippen molar-refractivity contribution in [2.45, 2.75) is 25.8 Å². The van der Waals surface area contributed by atoms with Crippen molar-refractivity contribution in [3.05, 3.63) is 30.1 Å². The number of fused-ring (bicyclic) bond motifs is 1. The minimum Gasteiger partial charge on any atom is -0.480 e. The molecule has 5 heteroatoms. The molecule has 1 aromatic heterocycles. The van der Waals surface area contributed by atoms with E-state index in [4.69, 9.17) is 5.11 Å². The number of likely N-dealkylation sites (tertiary alicyclic amines) is 1. The zero-order valence-electron chi connectivity index (χ0n) is 11.5. The molecule has 106 valence electrons. The summed E-state index contributed by atoms with van der Waals surface area (Å²) >= 11 is 0. The number of imidazole rings is 1. The number of rotatable bonds is 5. The summed E-state index contributed by atoms with van der Waals surface area (Å²) in [4.78, 5) is 18.1. The summed E-state index contributed by atoms with van der Waals surface area (Å²) in [5, 5.41) is 9.09. The Balaban J connectivity index is 1.85. The number of hydrogen-bond donors (Lipinski definition) is 1. The zero-order valence-corrected chi connectivity index (χ0v) is 11.5. The van der Waals surface area contributed by atoms with Gasteiger partial charge in [0, 0.05) is 13.0 Å². The highest BCUT2D eigenvalue weighted by molar-refractivity contribution is 5.78. The summed E-state index contributed by atoms with van der Waals surface area (Å²) in [5.41, 5.74) is 1.79. The highest BCUT2D eigenvalue weighted by Gasteiger charge is 2.16. The zero-order chi connectivity index (χ0) is 13.9. The van der Waals surface area contributed by atoms with Gasteiger partial charge >= 0.3 is 5.97 Å². The Kier molecular flexibility index (Phi) is 3.69. The van der Waals surface area contributed by atoms with Crippen LogP contribution in [0.5, 0.6) is 0 Å². The van der Waals surface area contributed by atoms with Crippen molar-refractivity contribution in [1.29, 1.82) is 0 Å². The van der Waals surface area contributed by atoms with Crippen LogP contribution in [0, 0.1) is 0 Å². The second-order valence-corrected chi connectivity index (χ2v) is 5.30. The van der Waals surface area contributed by atoms with Crippen molar-refractivity contribution >= 4 is 17.0 Å². The van der Waals surface area contributed by atoms with E-state index in [1.54, 1.807) is 0 Å². The Labute approximate surface area is 117 Å². The van der Waals surface area contributed by atoms with E-state index in [0.717, 1.165) is 42.9 Å². The van der Waals surface area contributed by atoms with Crippen molar-refractivity contribution < 1.29 is 9.90 Å². The Bertz CT molecular complexity index is 615. The lowest BCUT2D eigenvalue weighted by Gasteiger charge is -2.14. The fourth-order valence-corrected chi connectivity index (χ4v) is 2.89. The number of carboxylic acids is 1. The Morgan fingerprint density at radius 1 is 1.25 bits per heavy atom. The van der Waals surface area contributed by atoms with Crippen LogP contribution in [0.15, 0.2) is 24.3 Å². The van der Waals surface area contributed by atoms with Crippen LogP contribution in [-0.2, 0) is 17.8 Å². The molecule has 1 aromatic carbocycles. The van der Waals surface area contributed by atoms with Crippen molar-refractivity contribution in [1.82, 2.24) is 14.5 Å². The van der Waals surface area contributed by atoms with E-state index in [0.29, 0.717) is 0 Å².